The minimum absolute atomic E-state index is 0.139. The van der Waals surface area contributed by atoms with E-state index in [0.717, 1.165) is 0 Å². The van der Waals surface area contributed by atoms with Crippen LogP contribution in [0.25, 0.3) is 0 Å². The summed E-state index contributed by atoms with van der Waals surface area (Å²) in [5.41, 5.74) is 21.2. The number of fused-ring (bicyclic) bond motifs is 4. The summed E-state index contributed by atoms with van der Waals surface area (Å²) in [5.74, 6) is 2.61. The first-order valence-electron chi connectivity index (χ1n) is 22.0. The van der Waals surface area contributed by atoms with Gasteiger partial charge in [-0.1, -0.05) is 202 Å². The zero-order valence-electron chi connectivity index (χ0n) is 36.9. The zero-order valence-corrected chi connectivity index (χ0v) is 37.8. The van der Waals surface area contributed by atoms with Crippen molar-refractivity contribution < 1.29 is 0 Å². The van der Waals surface area contributed by atoms with Crippen LogP contribution in [-0.2, 0) is 0 Å². The van der Waals surface area contributed by atoms with E-state index in [2.05, 4.69) is 203 Å². The highest BCUT2D eigenvalue weighted by Gasteiger charge is 2.40. The van der Waals surface area contributed by atoms with E-state index in [1.165, 1.54) is 93.0 Å². The Hall–Kier alpha value is -4.40. The van der Waals surface area contributed by atoms with E-state index >= 15 is 0 Å². The molecular weight excluding hydrogens is 716 g/mol. The van der Waals surface area contributed by atoms with Gasteiger partial charge in [0.25, 0.3) is 0 Å². The van der Waals surface area contributed by atoms with Crippen molar-refractivity contribution in [2.75, 3.05) is 4.90 Å². The fourth-order valence-corrected chi connectivity index (χ4v) is 11.0. The second-order valence-electron chi connectivity index (χ2n) is 18.8. The molecule has 0 aromatic heterocycles. The van der Waals surface area contributed by atoms with E-state index in [4.69, 9.17) is 0 Å². The van der Waals surface area contributed by atoms with Gasteiger partial charge in [0.05, 0.1) is 0 Å². The maximum absolute atomic E-state index is 2.56. The highest BCUT2D eigenvalue weighted by atomic mass is 32.2. The summed E-state index contributed by atoms with van der Waals surface area (Å²) in [6.07, 6.45) is 0. The lowest BCUT2D eigenvalue weighted by Gasteiger charge is -2.39. The lowest BCUT2D eigenvalue weighted by Crippen LogP contribution is -2.59. The number of benzene rings is 6. The van der Waals surface area contributed by atoms with Crippen molar-refractivity contribution >= 4 is 75.0 Å². The van der Waals surface area contributed by atoms with Gasteiger partial charge in [-0.25, -0.2) is 0 Å². The molecule has 8 rings (SSSR count). The normalized spacial score (nSPS) is 13.6. The van der Waals surface area contributed by atoms with Gasteiger partial charge in [-0.05, 0) is 110 Å². The molecule has 1 nitrogen and oxygen atoms in total. The molecule has 2 aliphatic rings. The molecule has 0 aliphatic carbocycles. The number of rotatable bonds is 9. The maximum atomic E-state index is 2.56. The molecule has 0 saturated carbocycles. The van der Waals surface area contributed by atoms with Crippen LogP contribution in [0.3, 0.4) is 0 Å². The van der Waals surface area contributed by atoms with Gasteiger partial charge in [0, 0.05) is 26.9 Å². The van der Waals surface area contributed by atoms with Gasteiger partial charge in [-0.15, -0.1) is 0 Å². The first-order chi connectivity index (χ1) is 27.8. The van der Waals surface area contributed by atoms with E-state index in [-0.39, 0.29) is 13.4 Å². The molecule has 0 bridgehead atoms. The lowest BCUT2D eigenvalue weighted by atomic mass is 9.33. The van der Waals surface area contributed by atoms with E-state index in [0.29, 0.717) is 35.5 Å². The first kappa shape index (κ1) is 40.4. The van der Waals surface area contributed by atoms with E-state index < -0.39 is 0 Å². The molecule has 4 heteroatoms. The third-order valence-electron chi connectivity index (χ3n) is 12.9. The van der Waals surface area contributed by atoms with Gasteiger partial charge in [0.2, 0.25) is 13.4 Å². The Morgan fingerprint density at radius 1 is 0.379 bits per heavy atom. The van der Waals surface area contributed by atoms with Crippen LogP contribution in [0.5, 0.6) is 0 Å². The molecule has 2 heterocycles. The Morgan fingerprint density at radius 2 is 0.759 bits per heavy atom. The van der Waals surface area contributed by atoms with Crippen LogP contribution < -0.4 is 37.7 Å². The second-order valence-corrected chi connectivity index (χ2v) is 19.9. The third-order valence-corrected chi connectivity index (χ3v) is 14.1. The third kappa shape index (κ3) is 6.98. The maximum Gasteiger partial charge on any atom is 0.247 e. The number of nitrogens with zero attached hydrogens (tertiary/aromatic N) is 1. The highest BCUT2D eigenvalue weighted by Crippen LogP contribution is 2.40. The summed E-state index contributed by atoms with van der Waals surface area (Å²) in [5, 5.41) is 0. The first-order valence-corrected chi connectivity index (χ1v) is 22.8. The van der Waals surface area contributed by atoms with Gasteiger partial charge in [-0.2, -0.15) is 0 Å². The Kier molecular flexibility index (Phi) is 11.1. The molecule has 0 radical (unpaired) electrons. The molecule has 0 atom stereocenters. The van der Waals surface area contributed by atoms with Crippen LogP contribution in [0.15, 0.2) is 125 Å². The molecule has 6 aromatic rings. The SMILES string of the molecule is CC(C)c1cc(C(C)C)c(B2c3ccccc3Sc3cc(N4c5ccccc5B(c5c(C(C)C)cc(C(C)C)cc5C(C)C)c5ccccc54)ccc32)c(C(C)C)c1. The molecular formula is C54H61B2NS. The average molecular weight is 778 g/mol. The second kappa shape index (κ2) is 16.0. The number of anilines is 3. The molecule has 294 valence electrons. The summed E-state index contributed by atoms with van der Waals surface area (Å²) in [6.45, 7) is 28.7. The molecule has 0 saturated heterocycles. The van der Waals surface area contributed by atoms with Gasteiger partial charge in [0.15, 0.2) is 0 Å². The molecule has 0 spiro atoms. The van der Waals surface area contributed by atoms with Crippen molar-refractivity contribution in [3.63, 3.8) is 0 Å². The van der Waals surface area contributed by atoms with Crippen LogP contribution in [-0.4, -0.2) is 13.4 Å². The minimum Gasteiger partial charge on any atom is -0.311 e. The Balaban J connectivity index is 1.34. The van der Waals surface area contributed by atoms with Gasteiger partial charge >= 0.3 is 0 Å². The minimum atomic E-state index is 0.139. The smallest absolute Gasteiger partial charge is 0.247 e. The fraction of sp³-hybridized carbons (Fsp3) is 0.333. The van der Waals surface area contributed by atoms with Crippen molar-refractivity contribution in [1.29, 1.82) is 0 Å². The quantitative estimate of drug-likeness (QED) is 0.134. The summed E-state index contributed by atoms with van der Waals surface area (Å²) in [4.78, 5) is 5.27. The van der Waals surface area contributed by atoms with Gasteiger partial charge in [-0.3, -0.25) is 0 Å². The van der Waals surface area contributed by atoms with Crippen molar-refractivity contribution in [3.8, 4) is 0 Å². The molecule has 0 amide bonds. The van der Waals surface area contributed by atoms with Crippen molar-refractivity contribution in [3.05, 3.63) is 149 Å². The summed E-state index contributed by atoms with van der Waals surface area (Å²) in [7, 11) is 0. The Bertz CT molecular complexity index is 2380. The van der Waals surface area contributed by atoms with E-state index in [1.54, 1.807) is 0 Å². The van der Waals surface area contributed by atoms with Crippen molar-refractivity contribution in [2.45, 2.75) is 128 Å². The zero-order chi connectivity index (χ0) is 41.2. The molecule has 6 aromatic carbocycles. The van der Waals surface area contributed by atoms with Crippen LogP contribution in [0.2, 0.25) is 0 Å². The number of hydrogen-bond donors (Lipinski definition) is 0. The Morgan fingerprint density at radius 3 is 1.19 bits per heavy atom. The van der Waals surface area contributed by atoms with Gasteiger partial charge < -0.3 is 4.90 Å². The molecule has 2 aliphatic heterocycles. The summed E-state index contributed by atoms with van der Waals surface area (Å²) < 4.78 is 0. The van der Waals surface area contributed by atoms with Crippen LogP contribution in [0.4, 0.5) is 17.1 Å². The Labute approximate surface area is 355 Å². The predicted molar refractivity (Wildman–Crippen MR) is 258 cm³/mol. The average Bonchev–Trinajstić information content (AvgIpc) is 3.20. The standard InChI is InChI=1S/C54H61B2NS/c1-32(2)38-27-41(34(5)6)53(42(28-38)35(7)8)55-45-19-13-16-22-49(45)57(50-23-17-14-20-46(50)55)40-25-26-48-52(31-40)58-51-24-18-15-21-47(51)56(48)54-43(36(9)10)29-39(33(3)4)30-44(54)37(11)12/h13-37H,1-12H3. The van der Waals surface area contributed by atoms with Crippen molar-refractivity contribution in [2.24, 2.45) is 0 Å². The van der Waals surface area contributed by atoms with E-state index in [1.807, 2.05) is 11.8 Å². The molecule has 0 N–H and O–H groups in total. The molecule has 0 fully saturated rings. The highest BCUT2D eigenvalue weighted by molar-refractivity contribution is 8.00. The van der Waals surface area contributed by atoms with Crippen LogP contribution in [0, 0.1) is 0 Å². The predicted octanol–water partition coefficient (Wildman–Crippen LogP) is 11.7. The van der Waals surface area contributed by atoms with Crippen LogP contribution in [0.1, 0.15) is 152 Å². The largest absolute Gasteiger partial charge is 0.311 e. The topological polar surface area (TPSA) is 3.24 Å². The van der Waals surface area contributed by atoms with Crippen molar-refractivity contribution in [1.82, 2.24) is 0 Å². The monoisotopic (exact) mass is 777 g/mol. The molecule has 58 heavy (non-hydrogen) atoms. The molecule has 0 unspecified atom stereocenters. The van der Waals surface area contributed by atoms with Gasteiger partial charge in [0.1, 0.15) is 0 Å². The fourth-order valence-electron chi connectivity index (χ4n) is 9.84. The number of hydrogen-bond acceptors (Lipinski definition) is 2. The summed E-state index contributed by atoms with van der Waals surface area (Å²) in [6, 6.07) is 45.1. The lowest BCUT2D eigenvalue weighted by molar-refractivity contribution is 0.812. The summed E-state index contributed by atoms with van der Waals surface area (Å²) >= 11 is 1.94. The van der Waals surface area contributed by atoms with Crippen LogP contribution >= 0.6 is 11.8 Å². The van der Waals surface area contributed by atoms with E-state index in [9.17, 15) is 0 Å². The number of para-hydroxylation sites is 2.